The summed E-state index contributed by atoms with van der Waals surface area (Å²) in [5.74, 6) is 0.542. The van der Waals surface area contributed by atoms with Crippen LogP contribution in [0.3, 0.4) is 0 Å². The molecule has 3 N–H and O–H groups in total. The molecule has 2 aliphatic rings. The van der Waals surface area contributed by atoms with E-state index in [1.165, 1.54) is 0 Å². The quantitative estimate of drug-likeness (QED) is 0.512. The Bertz CT molecular complexity index is 1220. The molecule has 0 saturated carbocycles. The van der Waals surface area contributed by atoms with Crippen LogP contribution in [0.4, 0.5) is 5.95 Å². The first-order chi connectivity index (χ1) is 15.1. The Morgan fingerprint density at radius 1 is 1.26 bits per heavy atom. The van der Waals surface area contributed by atoms with E-state index in [0.717, 1.165) is 55.2 Å². The van der Waals surface area contributed by atoms with Crippen LogP contribution in [0.25, 0.3) is 22.2 Å². The average molecular weight is 455 g/mol. The number of fused-ring (bicyclic) bond motifs is 1. The highest BCUT2D eigenvalue weighted by Gasteiger charge is 2.34. The lowest BCUT2D eigenvalue weighted by molar-refractivity contribution is 0.478. The number of hydrogen-bond acceptors (Lipinski definition) is 6. The number of hydrogen-bond donors (Lipinski definition) is 3. The molecule has 0 aliphatic carbocycles. The molecule has 2 saturated heterocycles. The van der Waals surface area contributed by atoms with Gasteiger partial charge in [-0.15, -0.1) is 0 Å². The number of halogens is 1. The molecule has 0 spiro atoms. The van der Waals surface area contributed by atoms with Crippen LogP contribution in [0.15, 0.2) is 24.5 Å². The molecule has 2 aliphatic heterocycles. The predicted octanol–water partition coefficient (Wildman–Crippen LogP) is 4.10. The van der Waals surface area contributed by atoms with Crippen molar-refractivity contribution in [1.82, 2.24) is 20.3 Å². The lowest BCUT2D eigenvalue weighted by Gasteiger charge is -2.23. The van der Waals surface area contributed by atoms with Crippen LogP contribution in [0.2, 0.25) is 5.02 Å². The zero-order chi connectivity index (χ0) is 21.4. The number of nitrogens with zero attached hydrogens (tertiary/aromatic N) is 3. The smallest absolute Gasteiger partial charge is 0.223 e. The summed E-state index contributed by atoms with van der Waals surface area (Å²) in [6, 6.07) is 6.19. The molecule has 2 aromatic heterocycles. The van der Waals surface area contributed by atoms with Gasteiger partial charge in [-0.3, -0.25) is 0 Å². The number of aromatic amines is 1. The molecule has 1 aromatic carbocycles. The molecule has 0 unspecified atom stereocenters. The normalized spacial score (nSPS) is 20.6. The van der Waals surface area contributed by atoms with Crippen LogP contribution in [-0.4, -0.2) is 46.4 Å². The van der Waals surface area contributed by atoms with Gasteiger partial charge in [-0.2, -0.15) is 5.26 Å². The van der Waals surface area contributed by atoms with Gasteiger partial charge in [-0.25, -0.2) is 9.97 Å². The maximum absolute atomic E-state index is 13.7. The van der Waals surface area contributed by atoms with Crippen LogP contribution >= 0.6 is 18.7 Å². The number of nitriles is 1. The largest absolute Gasteiger partial charge is 0.360 e. The van der Waals surface area contributed by atoms with Crippen molar-refractivity contribution in [2.75, 3.05) is 30.7 Å². The molecule has 4 heterocycles. The number of H-pyrrole nitrogens is 1. The van der Waals surface area contributed by atoms with E-state index in [1.807, 2.05) is 12.3 Å². The molecular weight excluding hydrogens is 431 g/mol. The highest BCUT2D eigenvalue weighted by molar-refractivity contribution is 7.72. The van der Waals surface area contributed by atoms with E-state index < -0.39 is 7.14 Å². The Balaban J connectivity index is 1.59. The average Bonchev–Trinajstić information content (AvgIpc) is 3.42. The van der Waals surface area contributed by atoms with Crippen LogP contribution in [-0.2, 0) is 4.57 Å². The minimum atomic E-state index is -2.58. The zero-order valence-corrected chi connectivity index (χ0v) is 18.8. The number of benzene rings is 1. The second kappa shape index (κ2) is 8.27. The molecule has 0 amide bonds. The summed E-state index contributed by atoms with van der Waals surface area (Å²) < 4.78 is 13.7. The van der Waals surface area contributed by atoms with Gasteiger partial charge in [0.2, 0.25) is 5.95 Å². The first-order valence-corrected chi connectivity index (χ1v) is 13.2. The third kappa shape index (κ3) is 3.74. The number of nitrogens with one attached hydrogen (secondary N) is 3. The third-order valence-corrected chi connectivity index (χ3v) is 9.91. The van der Waals surface area contributed by atoms with Crippen LogP contribution < -0.4 is 15.9 Å². The number of piperidine rings is 1. The van der Waals surface area contributed by atoms with Crippen molar-refractivity contribution >= 4 is 40.9 Å². The summed E-state index contributed by atoms with van der Waals surface area (Å²) in [5, 5.41) is 18.5. The zero-order valence-electron chi connectivity index (χ0n) is 17.1. The Labute approximate surface area is 186 Å². The summed E-state index contributed by atoms with van der Waals surface area (Å²) in [7, 11) is -2.58. The topological polar surface area (TPSA) is 106 Å². The van der Waals surface area contributed by atoms with Gasteiger partial charge in [-0.05, 0) is 38.3 Å². The number of rotatable bonds is 4. The van der Waals surface area contributed by atoms with Gasteiger partial charge in [0.05, 0.1) is 39.4 Å². The Hall–Kier alpha value is -2.39. The molecule has 5 rings (SSSR count). The standard InChI is InChI=1S/C22H24ClN6OP/c23-18-13-27-22(28-15-4-3-7-25-11-15)29-19(18)17-12-26-20-16(17)6-5-14(10-24)21(20)31(30)8-1-2-9-31/h5-6,12-13,15,25-26H,1-4,7-9,11H2,(H,27,28,29)/t15-/m0/s1. The van der Waals surface area contributed by atoms with Crippen molar-refractivity contribution in [3.8, 4) is 17.3 Å². The van der Waals surface area contributed by atoms with Crippen molar-refractivity contribution in [2.24, 2.45) is 0 Å². The summed E-state index contributed by atoms with van der Waals surface area (Å²) in [4.78, 5) is 12.4. The molecule has 31 heavy (non-hydrogen) atoms. The first kappa shape index (κ1) is 20.5. The molecule has 0 bridgehead atoms. The molecule has 3 aromatic rings. The van der Waals surface area contributed by atoms with Gasteiger partial charge < -0.3 is 20.2 Å². The maximum Gasteiger partial charge on any atom is 0.223 e. The van der Waals surface area contributed by atoms with Crippen molar-refractivity contribution in [1.29, 1.82) is 5.26 Å². The van der Waals surface area contributed by atoms with Crippen molar-refractivity contribution in [3.05, 3.63) is 35.1 Å². The van der Waals surface area contributed by atoms with E-state index in [9.17, 15) is 9.83 Å². The minimum Gasteiger partial charge on any atom is -0.360 e. The van der Waals surface area contributed by atoms with Crippen LogP contribution in [0.1, 0.15) is 31.2 Å². The Morgan fingerprint density at radius 2 is 2.10 bits per heavy atom. The fourth-order valence-corrected chi connectivity index (χ4v) is 8.23. The van der Waals surface area contributed by atoms with E-state index in [-0.39, 0.29) is 6.04 Å². The summed E-state index contributed by atoms with van der Waals surface area (Å²) in [6.07, 6.45) is 8.84. The van der Waals surface area contributed by atoms with E-state index in [0.29, 0.717) is 39.9 Å². The molecular formula is C22H24ClN6OP. The fraction of sp³-hybridized carbons (Fsp3) is 0.409. The second-order valence-corrected chi connectivity index (χ2v) is 11.8. The monoisotopic (exact) mass is 454 g/mol. The second-order valence-electron chi connectivity index (χ2n) is 8.32. The fourth-order valence-electron chi connectivity index (χ4n) is 4.75. The van der Waals surface area contributed by atoms with E-state index in [4.69, 9.17) is 16.6 Å². The van der Waals surface area contributed by atoms with Gasteiger partial charge in [0, 0.05) is 42.1 Å². The van der Waals surface area contributed by atoms with Gasteiger partial charge in [-0.1, -0.05) is 17.7 Å². The van der Waals surface area contributed by atoms with E-state index in [1.54, 1.807) is 12.3 Å². The minimum absolute atomic E-state index is 0.281. The molecule has 1 atom stereocenters. The first-order valence-electron chi connectivity index (χ1n) is 10.7. The molecule has 160 valence electrons. The summed E-state index contributed by atoms with van der Waals surface area (Å²) in [6.45, 7) is 1.92. The van der Waals surface area contributed by atoms with Crippen LogP contribution in [0, 0.1) is 11.3 Å². The Kier molecular flexibility index (Phi) is 5.47. The molecule has 7 nitrogen and oxygen atoms in total. The van der Waals surface area contributed by atoms with Crippen LogP contribution in [0.5, 0.6) is 0 Å². The van der Waals surface area contributed by atoms with E-state index in [2.05, 4.69) is 26.7 Å². The lowest BCUT2D eigenvalue weighted by atomic mass is 10.1. The van der Waals surface area contributed by atoms with Crippen molar-refractivity contribution in [2.45, 2.75) is 31.7 Å². The number of anilines is 1. The van der Waals surface area contributed by atoms with E-state index >= 15 is 0 Å². The van der Waals surface area contributed by atoms with Gasteiger partial charge in [0.15, 0.2) is 0 Å². The van der Waals surface area contributed by atoms with Gasteiger partial charge in [0.1, 0.15) is 7.14 Å². The Morgan fingerprint density at radius 3 is 2.84 bits per heavy atom. The van der Waals surface area contributed by atoms with Crippen molar-refractivity contribution in [3.63, 3.8) is 0 Å². The summed E-state index contributed by atoms with van der Waals surface area (Å²) in [5.41, 5.74) is 2.70. The van der Waals surface area contributed by atoms with Crippen molar-refractivity contribution < 1.29 is 4.57 Å². The van der Waals surface area contributed by atoms with Gasteiger partial charge >= 0.3 is 0 Å². The van der Waals surface area contributed by atoms with Gasteiger partial charge in [0.25, 0.3) is 0 Å². The lowest BCUT2D eigenvalue weighted by Crippen LogP contribution is -2.38. The third-order valence-electron chi connectivity index (χ3n) is 6.27. The SMILES string of the molecule is N#Cc1ccc2c(-c3nc(N[C@H]4CCCNC4)ncc3Cl)c[nH]c2c1P1(=O)CCCC1. The molecule has 9 heteroatoms. The molecule has 0 radical (unpaired) electrons. The highest BCUT2D eigenvalue weighted by Crippen LogP contribution is 2.53. The number of aromatic nitrogens is 3. The molecule has 2 fully saturated rings. The highest BCUT2D eigenvalue weighted by atomic mass is 35.5. The predicted molar refractivity (Wildman–Crippen MR) is 125 cm³/mol. The summed E-state index contributed by atoms with van der Waals surface area (Å²) >= 11 is 6.50. The maximum atomic E-state index is 13.7.